The first kappa shape index (κ1) is 26.4. The van der Waals surface area contributed by atoms with Crippen LogP contribution in [0.5, 0.6) is 0 Å². The van der Waals surface area contributed by atoms with Gasteiger partial charge in [-0.05, 0) is 63.6 Å². The Bertz CT molecular complexity index is 1100. The molecule has 1 saturated heterocycles. The highest BCUT2D eigenvalue weighted by atomic mass is 16.5. The van der Waals surface area contributed by atoms with E-state index in [0.29, 0.717) is 49.9 Å². The Morgan fingerprint density at radius 2 is 1.73 bits per heavy atom. The fourth-order valence-corrected chi connectivity index (χ4v) is 4.53. The van der Waals surface area contributed by atoms with E-state index in [1.807, 2.05) is 25.7 Å². The van der Waals surface area contributed by atoms with Crippen molar-refractivity contribution < 1.29 is 19.1 Å². The van der Waals surface area contributed by atoms with E-state index < -0.39 is 0 Å². The van der Waals surface area contributed by atoms with Gasteiger partial charge in [0.25, 0.3) is 11.8 Å². The van der Waals surface area contributed by atoms with Crippen LogP contribution in [0.2, 0.25) is 0 Å². The number of hydrogen-bond donors (Lipinski definition) is 3. The molecule has 3 N–H and O–H groups in total. The highest BCUT2D eigenvalue weighted by Crippen LogP contribution is 2.18. The molecule has 2 heterocycles. The Hall–Kier alpha value is -3.62. The molecule has 1 saturated carbocycles. The minimum absolute atomic E-state index is 0.0418. The third kappa shape index (κ3) is 7.68. The van der Waals surface area contributed by atoms with Crippen LogP contribution in [-0.2, 0) is 9.53 Å². The number of urea groups is 1. The van der Waals surface area contributed by atoms with E-state index in [0.717, 1.165) is 25.7 Å². The third-order valence-electron chi connectivity index (χ3n) is 6.43. The number of ether oxygens (including phenoxy) is 1. The van der Waals surface area contributed by atoms with Crippen molar-refractivity contribution in [1.29, 1.82) is 0 Å². The van der Waals surface area contributed by atoms with Crippen molar-refractivity contribution in [3.05, 3.63) is 47.5 Å². The number of anilines is 1. The number of carbonyl (C=O) groups excluding carboxylic acids is 3. The predicted molar refractivity (Wildman–Crippen MR) is 141 cm³/mol. The second kappa shape index (κ2) is 11.6. The summed E-state index contributed by atoms with van der Waals surface area (Å²) in [6.45, 7) is 8.61. The number of benzene rings is 1. The highest BCUT2D eigenvalue weighted by Gasteiger charge is 2.25. The van der Waals surface area contributed by atoms with Gasteiger partial charge in [0.05, 0.1) is 6.54 Å². The van der Waals surface area contributed by atoms with Gasteiger partial charge in [0, 0.05) is 49.0 Å². The van der Waals surface area contributed by atoms with Gasteiger partial charge in [-0.25, -0.2) is 9.79 Å². The van der Waals surface area contributed by atoms with Gasteiger partial charge in [0.15, 0.2) is 5.70 Å². The number of hydrogen-bond acceptors (Lipinski definition) is 6. The van der Waals surface area contributed by atoms with Gasteiger partial charge in [0.2, 0.25) is 5.90 Å². The quantitative estimate of drug-likeness (QED) is 0.511. The molecule has 2 fully saturated rings. The normalized spacial score (nSPS) is 18.5. The Balaban J connectivity index is 1.23. The summed E-state index contributed by atoms with van der Waals surface area (Å²) >= 11 is 0. The zero-order chi connectivity index (χ0) is 26.4. The minimum atomic E-state index is -0.372. The van der Waals surface area contributed by atoms with Gasteiger partial charge in [-0.1, -0.05) is 12.8 Å². The Morgan fingerprint density at radius 1 is 1.05 bits per heavy atom. The molecule has 10 nitrogen and oxygen atoms in total. The van der Waals surface area contributed by atoms with E-state index in [1.165, 1.54) is 6.26 Å². The summed E-state index contributed by atoms with van der Waals surface area (Å²) in [5.74, 6) is 0.0909. The molecule has 3 aliphatic rings. The van der Waals surface area contributed by atoms with Crippen LogP contribution in [0.1, 0.15) is 56.8 Å². The van der Waals surface area contributed by atoms with Crippen molar-refractivity contribution in [2.75, 3.05) is 38.0 Å². The molecule has 0 atom stereocenters. The van der Waals surface area contributed by atoms with E-state index >= 15 is 0 Å². The first-order valence-corrected chi connectivity index (χ1v) is 12.9. The SMILES string of the molecule is CC(C)(C)NC(=O)C1=C=COC(CN2CCN(C(=O)c3ccc(NC(=O)NC4CCCC4)cc3)CC2)=N1. The summed E-state index contributed by atoms with van der Waals surface area (Å²) in [5.41, 5.74) is 3.81. The van der Waals surface area contributed by atoms with Crippen molar-refractivity contribution in [2.24, 2.45) is 4.99 Å². The summed E-state index contributed by atoms with van der Waals surface area (Å²) in [7, 11) is 0. The molecule has 198 valence electrons. The zero-order valence-electron chi connectivity index (χ0n) is 21.8. The van der Waals surface area contributed by atoms with E-state index in [9.17, 15) is 14.4 Å². The van der Waals surface area contributed by atoms with Gasteiger partial charge in [-0.2, -0.15) is 0 Å². The predicted octanol–water partition coefficient (Wildman–Crippen LogP) is 2.85. The molecule has 4 amide bonds. The van der Waals surface area contributed by atoms with Gasteiger partial charge < -0.3 is 25.6 Å². The summed E-state index contributed by atoms with van der Waals surface area (Å²) in [6, 6.07) is 7.04. The Morgan fingerprint density at radius 3 is 2.38 bits per heavy atom. The Labute approximate surface area is 217 Å². The smallest absolute Gasteiger partial charge is 0.319 e. The van der Waals surface area contributed by atoms with Crippen LogP contribution in [0.3, 0.4) is 0 Å². The minimum Gasteiger partial charge on any atom is -0.441 e. The van der Waals surface area contributed by atoms with Gasteiger partial charge in [-0.3, -0.25) is 14.5 Å². The molecule has 2 aliphatic heterocycles. The van der Waals surface area contributed by atoms with E-state index in [-0.39, 0.29) is 35.1 Å². The summed E-state index contributed by atoms with van der Waals surface area (Å²) < 4.78 is 5.47. The first-order valence-electron chi connectivity index (χ1n) is 12.9. The molecular formula is C27H36N6O4. The standard InChI is InChI=1S/C27H36N6O4/c1-27(2,3)31-24(34)22-12-17-37-23(30-22)18-32-13-15-33(16-14-32)25(35)19-8-10-21(11-9-19)29-26(36)28-20-6-4-5-7-20/h8-11,17,20H,4-7,13-16,18H2,1-3H3,(H,31,34)(H2,28,29,36). The van der Waals surface area contributed by atoms with Crippen LogP contribution in [-0.4, -0.2) is 77.8 Å². The lowest BCUT2D eigenvalue weighted by Crippen LogP contribution is -2.50. The monoisotopic (exact) mass is 508 g/mol. The first-order chi connectivity index (χ1) is 17.7. The van der Waals surface area contributed by atoms with Crippen LogP contribution in [0.25, 0.3) is 0 Å². The van der Waals surface area contributed by atoms with E-state index in [4.69, 9.17) is 4.74 Å². The average molecular weight is 509 g/mol. The second-order valence-corrected chi connectivity index (χ2v) is 10.7. The molecule has 0 unspecified atom stereocenters. The molecule has 10 heteroatoms. The number of nitrogens with zero attached hydrogens (tertiary/aromatic N) is 3. The number of carbonyl (C=O) groups is 3. The molecule has 1 aromatic rings. The fourth-order valence-electron chi connectivity index (χ4n) is 4.53. The lowest BCUT2D eigenvalue weighted by atomic mass is 10.1. The molecular weight excluding hydrogens is 472 g/mol. The number of piperazine rings is 1. The van der Waals surface area contributed by atoms with Crippen molar-refractivity contribution in [3.63, 3.8) is 0 Å². The van der Waals surface area contributed by atoms with Crippen molar-refractivity contribution in [2.45, 2.75) is 58.0 Å². The zero-order valence-corrected chi connectivity index (χ0v) is 21.8. The number of amides is 4. The van der Waals surface area contributed by atoms with Crippen molar-refractivity contribution in [3.8, 4) is 0 Å². The number of aliphatic imine (C=N–C) groups is 1. The van der Waals surface area contributed by atoms with Gasteiger partial charge >= 0.3 is 6.03 Å². The lowest BCUT2D eigenvalue weighted by molar-refractivity contribution is -0.118. The summed E-state index contributed by atoms with van der Waals surface area (Å²) in [5, 5.41) is 8.71. The molecule has 37 heavy (non-hydrogen) atoms. The van der Waals surface area contributed by atoms with Crippen LogP contribution in [0.15, 0.2) is 46.9 Å². The molecule has 0 bridgehead atoms. The molecule has 0 aromatic heterocycles. The van der Waals surface area contributed by atoms with Crippen molar-refractivity contribution >= 4 is 29.4 Å². The van der Waals surface area contributed by atoms with Crippen LogP contribution in [0.4, 0.5) is 10.5 Å². The Kier molecular flexibility index (Phi) is 8.31. The van der Waals surface area contributed by atoms with E-state index in [2.05, 4.69) is 31.6 Å². The van der Waals surface area contributed by atoms with Gasteiger partial charge in [-0.15, -0.1) is 0 Å². The molecule has 1 aliphatic carbocycles. The number of nitrogens with one attached hydrogen (secondary N) is 3. The molecule has 1 aromatic carbocycles. The second-order valence-electron chi connectivity index (χ2n) is 10.7. The van der Waals surface area contributed by atoms with Crippen molar-refractivity contribution in [1.82, 2.24) is 20.4 Å². The molecule has 4 rings (SSSR count). The van der Waals surface area contributed by atoms with Crippen LogP contribution < -0.4 is 16.0 Å². The molecule has 0 radical (unpaired) electrons. The fraction of sp³-hybridized carbons (Fsp3) is 0.519. The van der Waals surface area contributed by atoms with Crippen LogP contribution in [0, 0.1) is 0 Å². The maximum atomic E-state index is 13.0. The maximum absolute atomic E-state index is 13.0. The summed E-state index contributed by atoms with van der Waals surface area (Å²) in [6.07, 6.45) is 5.73. The topological polar surface area (TPSA) is 115 Å². The summed E-state index contributed by atoms with van der Waals surface area (Å²) in [4.78, 5) is 45.8. The van der Waals surface area contributed by atoms with Crippen LogP contribution >= 0.6 is 0 Å². The lowest BCUT2D eigenvalue weighted by Gasteiger charge is -2.34. The van der Waals surface area contributed by atoms with Gasteiger partial charge in [0.1, 0.15) is 6.26 Å². The maximum Gasteiger partial charge on any atom is 0.319 e. The van der Waals surface area contributed by atoms with E-state index in [1.54, 1.807) is 24.3 Å². The largest absolute Gasteiger partial charge is 0.441 e. The third-order valence-corrected chi connectivity index (χ3v) is 6.43. The molecule has 0 spiro atoms. The highest BCUT2D eigenvalue weighted by molar-refractivity contribution is 5.97. The number of rotatable bonds is 6. The average Bonchev–Trinajstić information content (AvgIpc) is 3.36.